The van der Waals surface area contributed by atoms with Gasteiger partial charge in [0.25, 0.3) is 0 Å². The predicted molar refractivity (Wildman–Crippen MR) is 65.3 cm³/mol. The number of benzene rings is 2. The van der Waals surface area contributed by atoms with E-state index in [1.807, 2.05) is 0 Å². The van der Waals surface area contributed by atoms with Gasteiger partial charge in [0.1, 0.15) is 5.82 Å². The summed E-state index contributed by atoms with van der Waals surface area (Å²) in [6, 6.07) is 12.7. The molecular weight excluding hydrogens is 217 g/mol. The van der Waals surface area contributed by atoms with E-state index in [-0.39, 0.29) is 18.0 Å². The van der Waals surface area contributed by atoms with Crippen LogP contribution in [0.25, 0.3) is 0 Å². The molecule has 0 saturated carbocycles. The fourth-order valence-electron chi connectivity index (χ4n) is 1.56. The fraction of sp³-hybridized carbons (Fsp3) is 0.0714. The number of rotatable bonds is 3. The molecule has 0 atom stereocenters. The van der Waals surface area contributed by atoms with Gasteiger partial charge in [0.05, 0.1) is 0 Å². The number of Topliss-reactive ketones (excluding diaryl/α,β-unsaturated/α-hetero) is 1. The van der Waals surface area contributed by atoms with Crippen molar-refractivity contribution < 1.29 is 9.18 Å². The molecule has 0 aliphatic carbocycles. The largest absolute Gasteiger partial charge is 0.399 e. The van der Waals surface area contributed by atoms with Gasteiger partial charge in [-0.15, -0.1) is 0 Å². The third-order valence-electron chi connectivity index (χ3n) is 2.51. The number of carbonyl (C=O) groups excluding carboxylic acids is 1. The number of hydrogen-bond acceptors (Lipinski definition) is 2. The lowest BCUT2D eigenvalue weighted by atomic mass is 10.0. The Morgan fingerprint density at radius 1 is 1.00 bits per heavy atom. The summed E-state index contributed by atoms with van der Waals surface area (Å²) in [5, 5.41) is 0. The lowest BCUT2D eigenvalue weighted by molar-refractivity contribution is 0.0993. The molecule has 2 N–H and O–H groups in total. The van der Waals surface area contributed by atoms with Crippen LogP contribution in [0, 0.1) is 5.82 Å². The molecule has 2 aromatic rings. The van der Waals surface area contributed by atoms with Gasteiger partial charge in [-0.25, -0.2) is 4.39 Å². The van der Waals surface area contributed by atoms with Crippen LogP contribution in [0.1, 0.15) is 15.9 Å². The maximum absolute atomic E-state index is 12.7. The highest BCUT2D eigenvalue weighted by atomic mass is 19.1. The van der Waals surface area contributed by atoms with E-state index in [2.05, 4.69) is 0 Å². The van der Waals surface area contributed by atoms with Gasteiger partial charge >= 0.3 is 0 Å². The summed E-state index contributed by atoms with van der Waals surface area (Å²) in [5.74, 6) is -0.301. The Labute approximate surface area is 98.9 Å². The molecule has 2 rings (SSSR count). The molecule has 0 unspecified atom stereocenters. The van der Waals surface area contributed by atoms with Crippen LogP contribution in [0.3, 0.4) is 0 Å². The highest BCUT2D eigenvalue weighted by Gasteiger charge is 2.06. The van der Waals surface area contributed by atoms with Crippen LogP contribution in [0.15, 0.2) is 48.5 Å². The first kappa shape index (κ1) is 11.3. The van der Waals surface area contributed by atoms with E-state index in [4.69, 9.17) is 5.73 Å². The second-order valence-electron chi connectivity index (χ2n) is 3.85. The summed E-state index contributed by atoms with van der Waals surface area (Å²) < 4.78 is 12.7. The Morgan fingerprint density at radius 3 is 2.18 bits per heavy atom. The molecule has 17 heavy (non-hydrogen) atoms. The van der Waals surface area contributed by atoms with Gasteiger partial charge in [0.15, 0.2) is 5.78 Å². The Hall–Kier alpha value is -2.16. The van der Waals surface area contributed by atoms with Gasteiger partial charge in [-0.2, -0.15) is 0 Å². The van der Waals surface area contributed by atoms with Crippen LogP contribution in [0.5, 0.6) is 0 Å². The van der Waals surface area contributed by atoms with Crippen molar-refractivity contribution in [3.63, 3.8) is 0 Å². The molecule has 0 radical (unpaired) electrons. The Balaban J connectivity index is 2.11. The molecule has 0 spiro atoms. The van der Waals surface area contributed by atoms with E-state index in [9.17, 15) is 9.18 Å². The van der Waals surface area contributed by atoms with Crippen molar-refractivity contribution in [1.29, 1.82) is 0 Å². The van der Waals surface area contributed by atoms with Crippen molar-refractivity contribution in [3.05, 3.63) is 65.5 Å². The maximum atomic E-state index is 12.7. The van der Waals surface area contributed by atoms with Gasteiger partial charge in [-0.1, -0.05) is 12.1 Å². The van der Waals surface area contributed by atoms with Crippen molar-refractivity contribution in [2.45, 2.75) is 6.42 Å². The minimum atomic E-state index is -0.298. The monoisotopic (exact) mass is 229 g/mol. The minimum absolute atomic E-state index is 0.00314. The van der Waals surface area contributed by atoms with E-state index < -0.39 is 0 Å². The maximum Gasteiger partial charge on any atom is 0.167 e. The van der Waals surface area contributed by atoms with Gasteiger partial charge in [0.2, 0.25) is 0 Å². The summed E-state index contributed by atoms with van der Waals surface area (Å²) in [7, 11) is 0. The molecule has 0 aliphatic heterocycles. The van der Waals surface area contributed by atoms with E-state index in [1.54, 1.807) is 36.4 Å². The van der Waals surface area contributed by atoms with Crippen LogP contribution in [-0.2, 0) is 6.42 Å². The standard InChI is InChI=1S/C14H12FNO/c15-12-5-1-10(2-6-12)9-14(17)11-3-7-13(16)8-4-11/h1-8H,9,16H2. The van der Waals surface area contributed by atoms with E-state index in [0.29, 0.717) is 11.3 Å². The summed E-state index contributed by atoms with van der Waals surface area (Å²) >= 11 is 0. The van der Waals surface area contributed by atoms with Crippen LogP contribution < -0.4 is 5.73 Å². The van der Waals surface area contributed by atoms with Gasteiger partial charge < -0.3 is 5.73 Å². The first-order chi connectivity index (χ1) is 8.15. The van der Waals surface area contributed by atoms with Crippen molar-refractivity contribution in [1.82, 2.24) is 0 Å². The molecule has 0 amide bonds. The second-order valence-corrected chi connectivity index (χ2v) is 3.85. The first-order valence-electron chi connectivity index (χ1n) is 5.28. The average molecular weight is 229 g/mol. The zero-order valence-corrected chi connectivity index (χ0v) is 9.19. The molecule has 0 bridgehead atoms. The molecule has 2 nitrogen and oxygen atoms in total. The lowest BCUT2D eigenvalue weighted by Crippen LogP contribution is -2.03. The molecule has 86 valence electrons. The molecule has 0 aromatic heterocycles. The molecular formula is C14H12FNO. The van der Waals surface area contributed by atoms with Crippen LogP contribution in [0.4, 0.5) is 10.1 Å². The first-order valence-corrected chi connectivity index (χ1v) is 5.28. The number of carbonyl (C=O) groups is 1. The highest BCUT2D eigenvalue weighted by Crippen LogP contribution is 2.10. The normalized spacial score (nSPS) is 10.2. The number of hydrogen-bond donors (Lipinski definition) is 1. The molecule has 2 aromatic carbocycles. The van der Waals surface area contributed by atoms with Gasteiger partial charge in [-0.3, -0.25) is 4.79 Å². The molecule has 0 saturated heterocycles. The van der Waals surface area contributed by atoms with Crippen molar-refractivity contribution in [2.75, 3.05) is 5.73 Å². The Bertz CT molecular complexity index is 517. The molecule has 0 aliphatic rings. The number of anilines is 1. The summed E-state index contributed by atoms with van der Waals surface area (Å²) in [6.07, 6.45) is 0.268. The molecule has 0 heterocycles. The van der Waals surface area contributed by atoms with Crippen LogP contribution in [-0.4, -0.2) is 5.78 Å². The third kappa shape index (κ3) is 2.91. The number of halogens is 1. The zero-order valence-electron chi connectivity index (χ0n) is 9.19. The highest BCUT2D eigenvalue weighted by molar-refractivity contribution is 5.97. The van der Waals surface area contributed by atoms with Crippen molar-refractivity contribution in [3.8, 4) is 0 Å². The van der Waals surface area contributed by atoms with Crippen LogP contribution in [0.2, 0.25) is 0 Å². The Kier molecular flexibility index (Phi) is 3.19. The predicted octanol–water partition coefficient (Wildman–Crippen LogP) is 2.83. The van der Waals surface area contributed by atoms with Crippen LogP contribution >= 0.6 is 0 Å². The summed E-state index contributed by atoms with van der Waals surface area (Å²) in [4.78, 5) is 11.9. The summed E-state index contributed by atoms with van der Waals surface area (Å²) in [5.41, 5.74) is 7.58. The van der Waals surface area contributed by atoms with E-state index >= 15 is 0 Å². The quantitative estimate of drug-likeness (QED) is 0.649. The molecule has 0 fully saturated rings. The van der Waals surface area contributed by atoms with E-state index in [1.165, 1.54) is 12.1 Å². The fourth-order valence-corrected chi connectivity index (χ4v) is 1.56. The van der Waals surface area contributed by atoms with E-state index in [0.717, 1.165) is 5.56 Å². The van der Waals surface area contributed by atoms with Crippen molar-refractivity contribution in [2.24, 2.45) is 0 Å². The average Bonchev–Trinajstić information content (AvgIpc) is 2.33. The smallest absolute Gasteiger partial charge is 0.167 e. The Morgan fingerprint density at radius 2 is 1.59 bits per heavy atom. The zero-order chi connectivity index (χ0) is 12.3. The summed E-state index contributed by atoms with van der Waals surface area (Å²) in [6.45, 7) is 0. The number of ketones is 1. The second kappa shape index (κ2) is 4.78. The lowest BCUT2D eigenvalue weighted by Gasteiger charge is -2.02. The SMILES string of the molecule is Nc1ccc(C(=O)Cc2ccc(F)cc2)cc1. The minimum Gasteiger partial charge on any atom is -0.399 e. The number of nitrogens with two attached hydrogens (primary N) is 1. The van der Waals surface area contributed by atoms with Crippen molar-refractivity contribution >= 4 is 11.5 Å². The third-order valence-corrected chi connectivity index (χ3v) is 2.51. The number of nitrogen functional groups attached to an aromatic ring is 1. The van der Waals surface area contributed by atoms with Gasteiger partial charge in [0, 0.05) is 17.7 Å². The topological polar surface area (TPSA) is 43.1 Å². The van der Waals surface area contributed by atoms with Gasteiger partial charge in [-0.05, 0) is 42.0 Å². The molecule has 3 heteroatoms.